The molecule has 8 nitrogen and oxygen atoms in total. The number of benzene rings is 1. The van der Waals surface area contributed by atoms with E-state index in [2.05, 4.69) is 25.4 Å². The van der Waals surface area contributed by atoms with Crippen molar-refractivity contribution < 1.29 is 14.3 Å². The first-order valence-corrected chi connectivity index (χ1v) is 9.77. The monoisotopic (exact) mass is 387 g/mol. The molecule has 1 aromatic heterocycles. The Morgan fingerprint density at radius 2 is 2.07 bits per heavy atom. The largest absolute Gasteiger partial charge is 0.497 e. The molecule has 0 fully saturated rings. The predicted octanol–water partition coefficient (Wildman–Crippen LogP) is 2.53. The van der Waals surface area contributed by atoms with Crippen molar-refractivity contribution in [3.63, 3.8) is 0 Å². The van der Waals surface area contributed by atoms with Crippen LogP contribution in [-0.4, -0.2) is 40.9 Å². The Kier molecular flexibility index (Phi) is 6.86. The first kappa shape index (κ1) is 20.1. The van der Waals surface area contributed by atoms with Crippen molar-refractivity contribution in [3.8, 4) is 11.5 Å². The molecule has 1 aliphatic rings. The van der Waals surface area contributed by atoms with Crippen LogP contribution < -0.4 is 20.1 Å². The Labute approximate surface area is 165 Å². The highest BCUT2D eigenvalue weighted by atomic mass is 16.5. The molecule has 2 aromatic rings. The number of hydrogen-bond acceptors (Lipinski definition) is 6. The molecule has 2 heterocycles. The van der Waals surface area contributed by atoms with Crippen LogP contribution in [0.4, 0.5) is 5.69 Å². The normalized spacial score (nSPS) is 14.7. The van der Waals surface area contributed by atoms with E-state index >= 15 is 0 Å². The van der Waals surface area contributed by atoms with E-state index in [-0.39, 0.29) is 11.9 Å². The van der Waals surface area contributed by atoms with E-state index in [1.807, 2.05) is 6.92 Å². The lowest BCUT2D eigenvalue weighted by atomic mass is 10.2. The molecule has 1 aromatic carbocycles. The van der Waals surface area contributed by atoms with Gasteiger partial charge in [-0.1, -0.05) is 6.42 Å². The highest BCUT2D eigenvalue weighted by Gasteiger charge is 2.16. The summed E-state index contributed by atoms with van der Waals surface area (Å²) in [6.07, 6.45) is 4.91. The summed E-state index contributed by atoms with van der Waals surface area (Å²) in [5.74, 6) is 3.19. The molecule has 28 heavy (non-hydrogen) atoms. The van der Waals surface area contributed by atoms with Gasteiger partial charge in [-0.05, 0) is 31.9 Å². The fraction of sp³-hybridized carbons (Fsp3) is 0.550. The third kappa shape index (κ3) is 5.01. The number of carbonyl (C=O) groups excluding carboxylic acids is 1. The fourth-order valence-corrected chi connectivity index (χ4v) is 3.40. The summed E-state index contributed by atoms with van der Waals surface area (Å²) < 4.78 is 12.7. The van der Waals surface area contributed by atoms with E-state index < -0.39 is 0 Å². The average Bonchev–Trinajstić information content (AvgIpc) is 2.92. The summed E-state index contributed by atoms with van der Waals surface area (Å²) in [7, 11) is 3.16. The molecule has 3 rings (SSSR count). The molecule has 2 N–H and O–H groups in total. The fourth-order valence-electron chi connectivity index (χ4n) is 3.40. The number of hydrogen-bond donors (Lipinski definition) is 2. The van der Waals surface area contributed by atoms with E-state index in [0.29, 0.717) is 30.2 Å². The Balaban J connectivity index is 1.53. The zero-order chi connectivity index (χ0) is 19.9. The van der Waals surface area contributed by atoms with Crippen molar-refractivity contribution >= 4 is 11.6 Å². The molecule has 0 radical (unpaired) electrons. The van der Waals surface area contributed by atoms with E-state index in [1.54, 1.807) is 32.4 Å². The molecular formula is C20H29N5O3. The predicted molar refractivity (Wildman–Crippen MR) is 107 cm³/mol. The molecular weight excluding hydrogens is 358 g/mol. The molecule has 0 bridgehead atoms. The number of rotatable bonds is 8. The number of nitrogens with zero attached hydrogens (tertiary/aromatic N) is 3. The van der Waals surface area contributed by atoms with Crippen LogP contribution in [0.2, 0.25) is 0 Å². The second-order valence-corrected chi connectivity index (χ2v) is 7.10. The summed E-state index contributed by atoms with van der Waals surface area (Å²) in [5, 5.41) is 14.9. The van der Waals surface area contributed by atoms with Crippen LogP contribution in [0.1, 0.15) is 44.3 Å². The van der Waals surface area contributed by atoms with Crippen molar-refractivity contribution in [2.45, 2.75) is 58.2 Å². The number of amides is 1. The maximum absolute atomic E-state index is 12.4. The van der Waals surface area contributed by atoms with Crippen LogP contribution in [0.25, 0.3) is 0 Å². The highest BCUT2D eigenvalue weighted by molar-refractivity contribution is 5.92. The zero-order valence-electron chi connectivity index (χ0n) is 16.8. The van der Waals surface area contributed by atoms with E-state index in [4.69, 9.17) is 9.47 Å². The van der Waals surface area contributed by atoms with Gasteiger partial charge in [0.1, 0.15) is 23.1 Å². The molecule has 152 valence electrons. The minimum Gasteiger partial charge on any atom is -0.497 e. The third-order valence-corrected chi connectivity index (χ3v) is 4.97. The number of aromatic nitrogens is 3. The number of carbonyl (C=O) groups is 1. The van der Waals surface area contributed by atoms with E-state index in [9.17, 15) is 4.79 Å². The first-order chi connectivity index (χ1) is 13.6. The minimum atomic E-state index is -0.0911. The van der Waals surface area contributed by atoms with E-state index in [0.717, 1.165) is 24.6 Å². The molecule has 1 amide bonds. The molecule has 1 atom stereocenters. The molecule has 0 spiro atoms. The van der Waals surface area contributed by atoms with Crippen LogP contribution in [0.3, 0.4) is 0 Å². The average molecular weight is 387 g/mol. The molecule has 1 aliphatic heterocycles. The SMILES string of the molecule is COc1ccc(OC)c(NC(=O)CC(C)NCc2nnc3n2CCCCC3)c1. The van der Waals surface area contributed by atoms with Gasteiger partial charge in [-0.15, -0.1) is 10.2 Å². The zero-order valence-corrected chi connectivity index (χ0v) is 16.8. The number of aryl methyl sites for hydroxylation is 1. The maximum Gasteiger partial charge on any atom is 0.226 e. The first-order valence-electron chi connectivity index (χ1n) is 9.77. The van der Waals surface area contributed by atoms with Gasteiger partial charge in [-0.2, -0.15) is 0 Å². The van der Waals surface area contributed by atoms with Gasteiger partial charge in [0, 0.05) is 31.5 Å². The number of fused-ring (bicyclic) bond motifs is 1. The summed E-state index contributed by atoms with van der Waals surface area (Å²) >= 11 is 0. The van der Waals surface area contributed by atoms with Crippen LogP contribution >= 0.6 is 0 Å². The highest BCUT2D eigenvalue weighted by Crippen LogP contribution is 2.29. The lowest BCUT2D eigenvalue weighted by Crippen LogP contribution is -2.31. The number of nitrogens with one attached hydrogen (secondary N) is 2. The third-order valence-electron chi connectivity index (χ3n) is 4.97. The molecule has 1 unspecified atom stereocenters. The van der Waals surface area contributed by atoms with Gasteiger partial charge in [-0.3, -0.25) is 4.79 Å². The summed E-state index contributed by atoms with van der Waals surface area (Å²) in [6.45, 7) is 3.57. The Bertz CT molecular complexity index is 805. The summed E-state index contributed by atoms with van der Waals surface area (Å²) in [4.78, 5) is 12.4. The number of anilines is 1. The number of ether oxygens (including phenoxy) is 2. The summed E-state index contributed by atoms with van der Waals surface area (Å²) in [5.41, 5.74) is 0.599. The lowest BCUT2D eigenvalue weighted by molar-refractivity contribution is -0.116. The Hall–Kier alpha value is -2.61. The topological polar surface area (TPSA) is 90.3 Å². The lowest BCUT2D eigenvalue weighted by Gasteiger charge is -2.16. The van der Waals surface area contributed by atoms with Crippen LogP contribution in [0.5, 0.6) is 11.5 Å². The summed E-state index contributed by atoms with van der Waals surface area (Å²) in [6, 6.07) is 5.31. The van der Waals surface area contributed by atoms with Crippen LogP contribution in [0.15, 0.2) is 18.2 Å². The maximum atomic E-state index is 12.4. The Morgan fingerprint density at radius 1 is 1.21 bits per heavy atom. The smallest absolute Gasteiger partial charge is 0.226 e. The molecule has 0 saturated heterocycles. The van der Waals surface area contributed by atoms with Gasteiger partial charge in [0.15, 0.2) is 0 Å². The minimum absolute atomic E-state index is 0.00432. The van der Waals surface area contributed by atoms with Gasteiger partial charge in [0.2, 0.25) is 5.91 Å². The second-order valence-electron chi connectivity index (χ2n) is 7.10. The van der Waals surface area contributed by atoms with Gasteiger partial charge in [-0.25, -0.2) is 0 Å². The molecule has 0 aliphatic carbocycles. The number of methoxy groups -OCH3 is 2. The van der Waals surface area contributed by atoms with Crippen LogP contribution in [-0.2, 0) is 24.3 Å². The van der Waals surface area contributed by atoms with Crippen molar-refractivity contribution in [1.82, 2.24) is 20.1 Å². The van der Waals surface area contributed by atoms with Crippen molar-refractivity contribution in [2.75, 3.05) is 19.5 Å². The second kappa shape index (κ2) is 9.54. The Morgan fingerprint density at radius 3 is 2.86 bits per heavy atom. The molecule has 8 heteroatoms. The quantitative estimate of drug-likeness (QED) is 0.723. The van der Waals surface area contributed by atoms with Gasteiger partial charge in [0.05, 0.1) is 26.5 Å². The van der Waals surface area contributed by atoms with Crippen molar-refractivity contribution in [1.29, 1.82) is 0 Å². The van der Waals surface area contributed by atoms with Gasteiger partial charge < -0.3 is 24.7 Å². The van der Waals surface area contributed by atoms with Gasteiger partial charge >= 0.3 is 0 Å². The standard InChI is InChI=1S/C20H29N5O3/c1-14(21-13-19-24-23-18-7-5-4-6-10-25(18)19)11-20(26)22-16-12-15(27-2)8-9-17(16)28-3/h8-9,12,14,21H,4-7,10-11,13H2,1-3H3,(H,22,26). The van der Waals surface area contributed by atoms with E-state index in [1.165, 1.54) is 19.3 Å². The molecule has 0 saturated carbocycles. The van der Waals surface area contributed by atoms with Gasteiger partial charge in [0.25, 0.3) is 0 Å². The van der Waals surface area contributed by atoms with Crippen LogP contribution in [0, 0.1) is 0 Å². The van der Waals surface area contributed by atoms with Crippen molar-refractivity contribution in [2.24, 2.45) is 0 Å². The van der Waals surface area contributed by atoms with Crippen molar-refractivity contribution in [3.05, 3.63) is 29.8 Å².